The fourth-order valence-electron chi connectivity index (χ4n) is 6.00. The predicted octanol–water partition coefficient (Wildman–Crippen LogP) is 6.59. The molecular weight excluding hydrogens is 616 g/mol. The van der Waals surface area contributed by atoms with Crippen molar-refractivity contribution in [3.63, 3.8) is 0 Å². The molecule has 49 heavy (non-hydrogen) atoms. The van der Waals surface area contributed by atoms with Crippen LogP contribution in [-0.2, 0) is 15.1 Å². The molecule has 0 saturated heterocycles. The van der Waals surface area contributed by atoms with Crippen molar-refractivity contribution in [1.82, 2.24) is 5.32 Å². The molecular formula is C41H36N2O6. The second-order valence-electron chi connectivity index (χ2n) is 11.4. The molecule has 2 N–H and O–H groups in total. The summed E-state index contributed by atoms with van der Waals surface area (Å²) in [6, 6.07) is 44.3. The number of nitrogens with one attached hydrogen (secondary N) is 2. The SMILES string of the molecule is CCOc1c(Nc2cccc(-c3ccc(OCC(NC(c4ccccc4)(c4ccccc4)c4ccccc4)C(=O)OC)cc3)c2)c(=O)c1=O. The van der Waals surface area contributed by atoms with Gasteiger partial charge in [0.25, 0.3) is 10.9 Å². The number of hydrogen-bond acceptors (Lipinski definition) is 8. The Labute approximate surface area is 284 Å². The molecule has 1 atom stereocenters. The summed E-state index contributed by atoms with van der Waals surface area (Å²) in [6.07, 6.45) is 0. The van der Waals surface area contributed by atoms with E-state index in [1.807, 2.05) is 140 Å². The van der Waals surface area contributed by atoms with Crippen LogP contribution in [0.4, 0.5) is 11.4 Å². The van der Waals surface area contributed by atoms with Crippen LogP contribution in [-0.4, -0.2) is 32.3 Å². The minimum Gasteiger partial charge on any atom is -0.491 e. The first-order valence-electron chi connectivity index (χ1n) is 16.0. The molecule has 0 aromatic heterocycles. The normalized spacial score (nSPS) is 11.9. The number of ether oxygens (including phenoxy) is 3. The summed E-state index contributed by atoms with van der Waals surface area (Å²) < 4.78 is 16.8. The van der Waals surface area contributed by atoms with Gasteiger partial charge in [-0.05, 0) is 59.0 Å². The monoisotopic (exact) mass is 652 g/mol. The molecule has 0 saturated carbocycles. The third-order valence-electron chi connectivity index (χ3n) is 8.39. The van der Waals surface area contributed by atoms with Gasteiger partial charge in [0.2, 0.25) is 0 Å². The number of carbonyl (C=O) groups is 1. The van der Waals surface area contributed by atoms with Crippen molar-refractivity contribution in [3.05, 3.63) is 177 Å². The maximum atomic E-state index is 13.4. The predicted molar refractivity (Wildman–Crippen MR) is 191 cm³/mol. The lowest BCUT2D eigenvalue weighted by Crippen LogP contribution is -2.55. The summed E-state index contributed by atoms with van der Waals surface area (Å²) >= 11 is 0. The number of methoxy groups -OCH3 is 1. The second-order valence-corrected chi connectivity index (χ2v) is 11.4. The van der Waals surface area contributed by atoms with Gasteiger partial charge < -0.3 is 19.5 Å². The zero-order valence-corrected chi connectivity index (χ0v) is 27.2. The molecule has 1 unspecified atom stereocenters. The zero-order valence-electron chi connectivity index (χ0n) is 27.2. The number of anilines is 2. The minimum atomic E-state index is -0.897. The second kappa shape index (κ2) is 14.8. The van der Waals surface area contributed by atoms with Crippen molar-refractivity contribution in [1.29, 1.82) is 0 Å². The van der Waals surface area contributed by atoms with E-state index in [1.165, 1.54) is 7.11 Å². The van der Waals surface area contributed by atoms with Gasteiger partial charge in [0.1, 0.15) is 24.1 Å². The Bertz CT molecular complexity index is 1980. The zero-order chi connectivity index (χ0) is 34.2. The largest absolute Gasteiger partial charge is 0.491 e. The van der Waals surface area contributed by atoms with Crippen molar-refractivity contribution < 1.29 is 19.0 Å². The van der Waals surface area contributed by atoms with E-state index >= 15 is 0 Å². The fraction of sp³-hybridized carbons (Fsp3) is 0.146. The molecule has 6 aromatic carbocycles. The molecule has 0 aliphatic carbocycles. The van der Waals surface area contributed by atoms with Gasteiger partial charge in [0.15, 0.2) is 5.75 Å². The van der Waals surface area contributed by atoms with Crippen molar-refractivity contribution in [2.75, 3.05) is 25.6 Å². The lowest BCUT2D eigenvalue weighted by Gasteiger charge is -2.39. The van der Waals surface area contributed by atoms with Crippen LogP contribution < -0.4 is 31.0 Å². The molecule has 0 bridgehead atoms. The van der Waals surface area contributed by atoms with Crippen LogP contribution in [0.25, 0.3) is 11.1 Å². The van der Waals surface area contributed by atoms with E-state index in [4.69, 9.17) is 14.2 Å². The Hall–Kier alpha value is -5.99. The van der Waals surface area contributed by atoms with E-state index in [9.17, 15) is 14.4 Å². The molecule has 246 valence electrons. The van der Waals surface area contributed by atoms with E-state index < -0.39 is 28.4 Å². The summed E-state index contributed by atoms with van der Waals surface area (Å²) in [5.41, 5.74) is 3.38. The molecule has 0 fully saturated rings. The average molecular weight is 653 g/mol. The average Bonchev–Trinajstić information content (AvgIpc) is 3.17. The van der Waals surface area contributed by atoms with E-state index in [2.05, 4.69) is 10.6 Å². The Kier molecular flexibility index (Phi) is 9.97. The van der Waals surface area contributed by atoms with E-state index in [-0.39, 0.29) is 18.0 Å². The first kappa shape index (κ1) is 32.9. The van der Waals surface area contributed by atoms with Crippen LogP contribution in [0.2, 0.25) is 0 Å². The van der Waals surface area contributed by atoms with Crippen molar-refractivity contribution in [2.24, 2.45) is 0 Å². The molecule has 8 heteroatoms. The molecule has 0 aliphatic heterocycles. The topological polar surface area (TPSA) is 103 Å². The summed E-state index contributed by atoms with van der Waals surface area (Å²) in [6.45, 7) is 2.05. The van der Waals surface area contributed by atoms with E-state index in [1.54, 1.807) is 6.92 Å². The van der Waals surface area contributed by atoms with Gasteiger partial charge in [-0.3, -0.25) is 19.7 Å². The van der Waals surface area contributed by atoms with Gasteiger partial charge in [-0.2, -0.15) is 0 Å². The molecule has 8 nitrogen and oxygen atoms in total. The third-order valence-corrected chi connectivity index (χ3v) is 8.39. The molecule has 6 rings (SSSR count). The van der Waals surface area contributed by atoms with Crippen molar-refractivity contribution >= 4 is 17.3 Å². The summed E-state index contributed by atoms with van der Waals surface area (Å²) in [5.74, 6) is 0.179. The first-order valence-corrected chi connectivity index (χ1v) is 16.0. The minimum absolute atomic E-state index is 0.00367. The number of esters is 1. The van der Waals surface area contributed by atoms with Gasteiger partial charge in [-0.15, -0.1) is 0 Å². The molecule has 0 spiro atoms. The number of hydrogen-bond donors (Lipinski definition) is 2. The fourth-order valence-corrected chi connectivity index (χ4v) is 6.00. The van der Waals surface area contributed by atoms with E-state index in [0.717, 1.165) is 27.8 Å². The smallest absolute Gasteiger partial charge is 0.326 e. The molecule has 0 aliphatic rings. The Balaban J connectivity index is 1.24. The Morgan fingerprint density at radius 3 is 1.78 bits per heavy atom. The summed E-state index contributed by atoms with van der Waals surface area (Å²) in [5, 5.41) is 6.69. The molecule has 0 heterocycles. The lowest BCUT2D eigenvalue weighted by molar-refractivity contribution is -0.144. The highest BCUT2D eigenvalue weighted by Crippen LogP contribution is 2.37. The lowest BCUT2D eigenvalue weighted by atomic mass is 9.76. The van der Waals surface area contributed by atoms with Crippen LogP contribution in [0, 0.1) is 0 Å². The van der Waals surface area contributed by atoms with Crippen LogP contribution in [0.5, 0.6) is 11.5 Å². The van der Waals surface area contributed by atoms with Gasteiger partial charge in [-0.25, -0.2) is 0 Å². The van der Waals surface area contributed by atoms with Gasteiger partial charge in [0.05, 0.1) is 19.3 Å². The van der Waals surface area contributed by atoms with Crippen LogP contribution in [0.15, 0.2) is 149 Å². The molecule has 0 amide bonds. The summed E-state index contributed by atoms with van der Waals surface area (Å²) in [4.78, 5) is 37.3. The number of carbonyl (C=O) groups excluding carboxylic acids is 1. The highest BCUT2D eigenvalue weighted by molar-refractivity contribution is 5.77. The highest BCUT2D eigenvalue weighted by atomic mass is 16.5. The Morgan fingerprint density at radius 1 is 0.673 bits per heavy atom. The maximum Gasteiger partial charge on any atom is 0.326 e. The van der Waals surface area contributed by atoms with Gasteiger partial charge in [-0.1, -0.05) is 115 Å². The van der Waals surface area contributed by atoms with Gasteiger partial charge >= 0.3 is 5.97 Å². The molecule has 0 radical (unpaired) electrons. The molecule has 6 aromatic rings. The van der Waals surface area contributed by atoms with Crippen molar-refractivity contribution in [2.45, 2.75) is 18.5 Å². The number of rotatable bonds is 14. The quantitative estimate of drug-likeness (QED) is 0.0772. The van der Waals surface area contributed by atoms with Gasteiger partial charge in [0, 0.05) is 5.69 Å². The van der Waals surface area contributed by atoms with Crippen LogP contribution >= 0.6 is 0 Å². The van der Waals surface area contributed by atoms with Crippen molar-refractivity contribution in [3.8, 4) is 22.6 Å². The maximum absolute atomic E-state index is 13.4. The highest BCUT2D eigenvalue weighted by Gasteiger charge is 2.40. The number of benzene rings is 5. The standard InChI is InChI=1S/C41H36N2O6/c1-3-48-39-36(37(44)38(39)45)42-33-21-13-14-29(26-33)28-22-24-34(25-23-28)49-27-35(40(46)47-2)43-41(30-15-7-4-8-16-30,31-17-9-5-10-18-31)32-19-11-6-12-20-32/h4-26,35,42-43H,3,27H2,1-2H3. The van der Waals surface area contributed by atoms with Crippen LogP contribution in [0.3, 0.4) is 0 Å². The summed E-state index contributed by atoms with van der Waals surface area (Å²) in [7, 11) is 1.37. The Morgan fingerprint density at radius 2 is 1.24 bits per heavy atom. The first-order chi connectivity index (χ1) is 23.9. The third kappa shape index (κ3) is 6.86. The van der Waals surface area contributed by atoms with Crippen LogP contribution in [0.1, 0.15) is 23.6 Å². The van der Waals surface area contributed by atoms with E-state index in [0.29, 0.717) is 18.0 Å².